The van der Waals surface area contributed by atoms with Gasteiger partial charge in [-0.15, -0.1) is 0 Å². The summed E-state index contributed by atoms with van der Waals surface area (Å²) >= 11 is 3.64. The fraction of sp³-hybridized carbons (Fsp3) is 0.194. The van der Waals surface area contributed by atoms with Crippen LogP contribution in [0.4, 0.5) is 0 Å². The lowest BCUT2D eigenvalue weighted by Gasteiger charge is -2.45. The van der Waals surface area contributed by atoms with Crippen LogP contribution in [0.3, 0.4) is 0 Å². The number of imide groups is 1. The van der Waals surface area contributed by atoms with Crippen LogP contribution in [0.15, 0.2) is 88.4 Å². The maximum Gasteiger partial charge on any atom is 0.254 e. The Labute approximate surface area is 223 Å². The molecule has 2 atom stereocenters. The van der Waals surface area contributed by atoms with Gasteiger partial charge in [-0.2, -0.15) is 10.1 Å². The molecule has 37 heavy (non-hydrogen) atoms. The van der Waals surface area contributed by atoms with Crippen molar-refractivity contribution in [2.24, 2.45) is 16.9 Å². The first-order valence-electron chi connectivity index (χ1n) is 12.5. The van der Waals surface area contributed by atoms with Crippen molar-refractivity contribution in [1.29, 1.82) is 0 Å². The molecule has 1 saturated heterocycles. The quantitative estimate of drug-likeness (QED) is 0.229. The van der Waals surface area contributed by atoms with Crippen molar-refractivity contribution in [2.75, 3.05) is 0 Å². The number of carbonyl (C=O) groups excluding carboxylic acids is 2. The third-order valence-electron chi connectivity index (χ3n) is 8.30. The molecule has 1 aromatic heterocycles. The lowest BCUT2D eigenvalue weighted by Crippen LogP contribution is -2.41. The van der Waals surface area contributed by atoms with Crippen LogP contribution in [0.5, 0.6) is 0 Å². The number of hydrogen-bond donors (Lipinski definition) is 0. The van der Waals surface area contributed by atoms with E-state index in [0.29, 0.717) is 0 Å². The Balaban J connectivity index is 1.28. The molecule has 4 aromatic rings. The van der Waals surface area contributed by atoms with E-state index in [4.69, 9.17) is 0 Å². The normalized spacial score (nSPS) is 23.5. The van der Waals surface area contributed by atoms with Crippen molar-refractivity contribution >= 4 is 34.0 Å². The monoisotopic (exact) mass is 549 g/mol. The molecule has 0 N–H and O–H groups in total. The van der Waals surface area contributed by atoms with Crippen LogP contribution in [-0.4, -0.2) is 27.6 Å². The van der Waals surface area contributed by atoms with Crippen LogP contribution in [0, 0.1) is 25.7 Å². The standard InChI is InChI=1S/C31H24BrN3O2/c1-17-15-19(18(2)34(17)25-14-8-7-13-24(25)32)16-33-35-30(36)28-26-20-9-3-4-10-21(20)27(29(28)31(35)37)23-12-6-5-11-22(23)26/h3-16,26-29H,1-2H3/b33-16-/t26?,27?,28-,29+. The van der Waals surface area contributed by atoms with Crippen molar-refractivity contribution in [2.45, 2.75) is 25.7 Å². The molecule has 5 nitrogen and oxygen atoms in total. The summed E-state index contributed by atoms with van der Waals surface area (Å²) in [6.07, 6.45) is 1.66. The second-order valence-electron chi connectivity index (χ2n) is 10.1. The zero-order chi connectivity index (χ0) is 25.4. The predicted octanol–water partition coefficient (Wildman–Crippen LogP) is 6.08. The summed E-state index contributed by atoms with van der Waals surface area (Å²) in [6, 6.07) is 26.6. The first kappa shape index (κ1) is 22.4. The number of aromatic nitrogens is 1. The molecular weight excluding hydrogens is 526 g/mol. The Morgan fingerprint density at radius 3 is 1.76 bits per heavy atom. The minimum atomic E-state index is -0.424. The molecule has 1 aliphatic heterocycles. The van der Waals surface area contributed by atoms with Gasteiger partial charge >= 0.3 is 0 Å². The van der Waals surface area contributed by atoms with Gasteiger partial charge < -0.3 is 4.57 Å². The van der Waals surface area contributed by atoms with Crippen LogP contribution in [0.2, 0.25) is 0 Å². The Morgan fingerprint density at radius 2 is 1.24 bits per heavy atom. The molecular formula is C31H24BrN3O2. The minimum Gasteiger partial charge on any atom is -0.317 e. The molecule has 3 aliphatic carbocycles. The van der Waals surface area contributed by atoms with Gasteiger partial charge in [-0.1, -0.05) is 60.7 Å². The zero-order valence-corrected chi connectivity index (χ0v) is 22.0. The molecule has 182 valence electrons. The number of hydrazone groups is 1. The summed E-state index contributed by atoms with van der Waals surface area (Å²) < 4.78 is 3.13. The first-order valence-corrected chi connectivity index (χ1v) is 13.3. The fourth-order valence-corrected chi connectivity index (χ4v) is 7.28. The summed E-state index contributed by atoms with van der Waals surface area (Å²) in [6.45, 7) is 4.06. The third kappa shape index (κ3) is 3.05. The van der Waals surface area contributed by atoms with Gasteiger partial charge in [-0.25, -0.2) is 0 Å². The number of amides is 2. The van der Waals surface area contributed by atoms with E-state index in [-0.39, 0.29) is 23.7 Å². The van der Waals surface area contributed by atoms with Crippen LogP contribution in [-0.2, 0) is 9.59 Å². The Morgan fingerprint density at radius 1 is 0.757 bits per heavy atom. The van der Waals surface area contributed by atoms with Gasteiger partial charge in [0.15, 0.2) is 0 Å². The number of nitrogens with zero attached hydrogens (tertiary/aromatic N) is 3. The number of aryl methyl sites for hydroxylation is 1. The van der Waals surface area contributed by atoms with Gasteiger partial charge in [0.05, 0.1) is 23.7 Å². The summed E-state index contributed by atoms with van der Waals surface area (Å²) in [5.41, 5.74) is 8.59. The number of hydrogen-bond acceptors (Lipinski definition) is 3. The predicted molar refractivity (Wildman–Crippen MR) is 146 cm³/mol. The summed E-state index contributed by atoms with van der Waals surface area (Å²) in [4.78, 5) is 27.6. The van der Waals surface area contributed by atoms with Crippen LogP contribution in [0.25, 0.3) is 5.69 Å². The minimum absolute atomic E-state index is 0.125. The first-order chi connectivity index (χ1) is 18.0. The van der Waals surface area contributed by atoms with Crippen molar-refractivity contribution in [3.63, 3.8) is 0 Å². The molecule has 2 heterocycles. The van der Waals surface area contributed by atoms with Crippen molar-refractivity contribution < 1.29 is 9.59 Å². The molecule has 0 radical (unpaired) electrons. The summed E-state index contributed by atoms with van der Waals surface area (Å²) in [5, 5.41) is 5.65. The van der Waals surface area contributed by atoms with Gasteiger partial charge in [0.1, 0.15) is 0 Å². The third-order valence-corrected chi connectivity index (χ3v) is 8.97. The maximum absolute atomic E-state index is 13.8. The highest BCUT2D eigenvalue weighted by molar-refractivity contribution is 9.10. The molecule has 2 bridgehead atoms. The maximum atomic E-state index is 13.8. The lowest BCUT2D eigenvalue weighted by atomic mass is 9.55. The van der Waals surface area contributed by atoms with Crippen molar-refractivity contribution in [3.05, 3.63) is 123 Å². The molecule has 0 unspecified atom stereocenters. The highest BCUT2D eigenvalue weighted by Gasteiger charge is 2.61. The lowest BCUT2D eigenvalue weighted by molar-refractivity contribution is -0.139. The molecule has 8 rings (SSSR count). The van der Waals surface area contributed by atoms with E-state index in [1.807, 2.05) is 68.4 Å². The molecule has 0 saturated carbocycles. The van der Waals surface area contributed by atoms with E-state index in [9.17, 15) is 9.59 Å². The molecule has 6 heteroatoms. The van der Waals surface area contributed by atoms with Crippen LogP contribution >= 0.6 is 15.9 Å². The van der Waals surface area contributed by atoms with Gasteiger partial charge in [0.2, 0.25) is 0 Å². The smallest absolute Gasteiger partial charge is 0.254 e. The number of carbonyl (C=O) groups is 2. The average molecular weight is 550 g/mol. The SMILES string of the molecule is Cc1cc(/C=N\N2C(=O)[C@@H]3C4c5ccccc5C(c5ccccc54)[C@@H]3C2=O)c(C)n1-c1ccccc1Br. The highest BCUT2D eigenvalue weighted by atomic mass is 79.9. The van der Waals surface area contributed by atoms with Crippen LogP contribution < -0.4 is 0 Å². The van der Waals surface area contributed by atoms with Gasteiger partial charge in [-0.3, -0.25) is 9.59 Å². The Bertz CT molecular complexity index is 1540. The van der Waals surface area contributed by atoms with Gasteiger partial charge in [0, 0.05) is 33.3 Å². The fourth-order valence-electron chi connectivity index (χ4n) is 6.82. The van der Waals surface area contributed by atoms with E-state index in [1.54, 1.807) is 6.21 Å². The topological polar surface area (TPSA) is 54.7 Å². The molecule has 1 fully saturated rings. The van der Waals surface area contributed by atoms with E-state index < -0.39 is 11.8 Å². The van der Waals surface area contributed by atoms with Crippen LogP contribution in [0.1, 0.15) is 51.0 Å². The van der Waals surface area contributed by atoms with Gasteiger partial charge in [0.25, 0.3) is 11.8 Å². The van der Waals surface area contributed by atoms with Gasteiger partial charge in [-0.05, 0) is 70.2 Å². The zero-order valence-electron chi connectivity index (χ0n) is 20.4. The highest BCUT2D eigenvalue weighted by Crippen LogP contribution is 2.60. The van der Waals surface area contributed by atoms with E-state index in [0.717, 1.165) is 54.4 Å². The molecule has 4 aliphatic rings. The second kappa shape index (κ2) is 8.12. The molecule has 0 spiro atoms. The van der Waals surface area contributed by atoms with E-state index in [1.165, 1.54) is 0 Å². The molecule has 2 amide bonds. The molecule has 3 aromatic carbocycles. The largest absolute Gasteiger partial charge is 0.317 e. The summed E-state index contributed by atoms with van der Waals surface area (Å²) in [7, 11) is 0. The van der Waals surface area contributed by atoms with E-state index >= 15 is 0 Å². The van der Waals surface area contributed by atoms with E-state index in [2.05, 4.69) is 49.9 Å². The average Bonchev–Trinajstić information content (AvgIpc) is 3.34. The number of rotatable bonds is 3. The number of benzene rings is 3. The van der Waals surface area contributed by atoms with Crippen molar-refractivity contribution in [3.8, 4) is 5.69 Å². The number of para-hydroxylation sites is 1. The Hall–Kier alpha value is -3.77. The number of halogens is 1. The Kier molecular flexibility index (Phi) is 4.92. The summed E-state index contributed by atoms with van der Waals surface area (Å²) in [5.74, 6) is -1.51. The van der Waals surface area contributed by atoms with Crippen molar-refractivity contribution in [1.82, 2.24) is 9.58 Å². The second-order valence-corrected chi connectivity index (χ2v) is 11.0.